The molecule has 33 heavy (non-hydrogen) atoms. The molecule has 7 nitrogen and oxygen atoms in total. The normalized spacial score (nSPS) is 25.1. The Labute approximate surface area is 189 Å². The van der Waals surface area contributed by atoms with Crippen LogP contribution in [-0.4, -0.2) is 46.6 Å². The van der Waals surface area contributed by atoms with Crippen molar-refractivity contribution < 1.29 is 28.1 Å². The van der Waals surface area contributed by atoms with E-state index in [1.165, 1.54) is 0 Å². The van der Waals surface area contributed by atoms with E-state index < -0.39 is 23.8 Å². The third-order valence-corrected chi connectivity index (χ3v) is 6.11. The van der Waals surface area contributed by atoms with Crippen molar-refractivity contribution >= 4 is 5.82 Å². The van der Waals surface area contributed by atoms with Gasteiger partial charge in [-0.2, -0.15) is 0 Å². The van der Waals surface area contributed by atoms with E-state index in [9.17, 15) is 13.9 Å². The summed E-state index contributed by atoms with van der Waals surface area (Å²) >= 11 is 0. The number of aromatic nitrogens is 2. The number of nitrogens with two attached hydrogens (primary N) is 1. The number of benzene rings is 1. The van der Waals surface area contributed by atoms with Crippen LogP contribution in [0.5, 0.6) is 5.75 Å². The number of pyridine rings is 2. The molecule has 5 rings (SSSR count). The van der Waals surface area contributed by atoms with E-state index in [-0.39, 0.29) is 41.9 Å². The lowest BCUT2D eigenvalue weighted by atomic mass is 9.96. The summed E-state index contributed by atoms with van der Waals surface area (Å²) in [6.45, 7) is 2.32. The van der Waals surface area contributed by atoms with Gasteiger partial charge in [-0.1, -0.05) is 6.07 Å². The van der Waals surface area contributed by atoms with Crippen molar-refractivity contribution in [2.24, 2.45) is 0 Å². The van der Waals surface area contributed by atoms with Crippen molar-refractivity contribution in [2.45, 2.75) is 37.3 Å². The molecule has 0 radical (unpaired) electrons. The first kappa shape index (κ1) is 21.7. The Balaban J connectivity index is 1.35. The molecule has 5 unspecified atom stereocenters. The quantitative estimate of drug-likeness (QED) is 0.608. The van der Waals surface area contributed by atoms with Crippen LogP contribution in [0.15, 0.2) is 48.8 Å². The molecular weight excluding hydrogens is 432 g/mol. The number of hydrogen-bond acceptors (Lipinski definition) is 7. The van der Waals surface area contributed by atoms with Crippen LogP contribution in [0.1, 0.15) is 30.2 Å². The Morgan fingerprint density at radius 2 is 1.82 bits per heavy atom. The molecule has 0 amide bonds. The average molecular weight is 455 g/mol. The monoisotopic (exact) mass is 455 g/mol. The Hall–Kier alpha value is -3.14. The molecule has 2 fully saturated rings. The van der Waals surface area contributed by atoms with Crippen LogP contribution in [0.4, 0.5) is 14.6 Å². The van der Waals surface area contributed by atoms with E-state index in [0.717, 1.165) is 29.5 Å². The fourth-order valence-electron chi connectivity index (χ4n) is 4.32. The van der Waals surface area contributed by atoms with Crippen molar-refractivity contribution in [3.63, 3.8) is 0 Å². The number of hydrogen-bond donors (Lipinski definition) is 2. The minimum Gasteiger partial charge on any atom is -0.482 e. The van der Waals surface area contributed by atoms with E-state index >= 15 is 0 Å². The number of anilines is 1. The zero-order valence-corrected chi connectivity index (χ0v) is 17.8. The summed E-state index contributed by atoms with van der Waals surface area (Å²) in [6, 6.07) is 8.69. The van der Waals surface area contributed by atoms with Gasteiger partial charge in [0.15, 0.2) is 11.6 Å². The second-order valence-electron chi connectivity index (χ2n) is 8.27. The highest BCUT2D eigenvalue weighted by atomic mass is 19.1. The number of fused-ring (bicyclic) bond motifs is 1. The van der Waals surface area contributed by atoms with Crippen LogP contribution in [0, 0.1) is 11.6 Å². The molecule has 2 aliphatic heterocycles. The van der Waals surface area contributed by atoms with Gasteiger partial charge in [-0.3, -0.25) is 4.98 Å². The highest BCUT2D eigenvalue weighted by molar-refractivity contribution is 5.66. The van der Waals surface area contributed by atoms with Crippen LogP contribution >= 0.6 is 0 Å². The van der Waals surface area contributed by atoms with Gasteiger partial charge in [-0.15, -0.1) is 0 Å². The van der Waals surface area contributed by atoms with E-state index in [1.807, 2.05) is 12.1 Å². The van der Waals surface area contributed by atoms with Gasteiger partial charge in [0, 0.05) is 34.8 Å². The van der Waals surface area contributed by atoms with Crippen molar-refractivity contribution in [2.75, 3.05) is 18.9 Å². The minimum atomic E-state index is -0.780. The first-order valence-electron chi connectivity index (χ1n) is 10.7. The molecule has 172 valence electrons. The Bertz CT molecular complexity index is 1160. The molecule has 0 bridgehead atoms. The number of nitrogen functional groups attached to an aromatic ring is 1. The maximum atomic E-state index is 14.1. The molecule has 5 atom stereocenters. The van der Waals surface area contributed by atoms with Gasteiger partial charge in [0.2, 0.25) is 0 Å². The number of aliphatic hydroxyl groups is 1. The second kappa shape index (κ2) is 8.66. The predicted octanol–water partition coefficient (Wildman–Crippen LogP) is 3.39. The predicted molar refractivity (Wildman–Crippen MR) is 116 cm³/mol. The molecule has 0 spiro atoms. The fraction of sp³-hybridized carbons (Fsp3) is 0.333. The zero-order valence-electron chi connectivity index (χ0n) is 17.8. The van der Waals surface area contributed by atoms with Crippen LogP contribution in [0.3, 0.4) is 0 Å². The molecule has 1 aromatic carbocycles. The van der Waals surface area contributed by atoms with Gasteiger partial charge in [0.1, 0.15) is 29.9 Å². The van der Waals surface area contributed by atoms with Crippen molar-refractivity contribution in [3.8, 4) is 16.9 Å². The zero-order chi connectivity index (χ0) is 23.1. The maximum Gasteiger partial charge on any atom is 0.166 e. The van der Waals surface area contributed by atoms with Crippen LogP contribution in [-0.2, 0) is 9.47 Å². The Kier molecular flexibility index (Phi) is 5.69. The third-order valence-electron chi connectivity index (χ3n) is 6.11. The molecule has 0 aliphatic carbocycles. The first-order valence-corrected chi connectivity index (χ1v) is 10.7. The van der Waals surface area contributed by atoms with Crippen molar-refractivity contribution in [3.05, 3.63) is 71.7 Å². The third kappa shape index (κ3) is 4.15. The molecule has 2 aliphatic rings. The average Bonchev–Trinajstić information content (AvgIpc) is 3.40. The first-order chi connectivity index (χ1) is 15.9. The maximum absolute atomic E-state index is 14.1. The number of ether oxygens (including phenoxy) is 3. The van der Waals surface area contributed by atoms with Gasteiger partial charge in [0.05, 0.1) is 25.2 Å². The molecule has 2 aromatic heterocycles. The number of nitrogens with zero attached hydrogens (tertiary/aromatic N) is 2. The second-order valence-corrected chi connectivity index (χ2v) is 8.27. The summed E-state index contributed by atoms with van der Waals surface area (Å²) in [5, 5.41) is 9.93. The van der Waals surface area contributed by atoms with Crippen LogP contribution < -0.4 is 10.5 Å². The molecule has 2 saturated heterocycles. The van der Waals surface area contributed by atoms with Gasteiger partial charge in [0.25, 0.3) is 0 Å². The summed E-state index contributed by atoms with van der Waals surface area (Å²) in [5.41, 5.74) is 8.35. The SMILES string of the molecule is CC(Oc1cc(-c2ccc(C3COC4C(O)COC34)nc2)cnc1N)c1cc(F)ccc1F. The van der Waals surface area contributed by atoms with Crippen molar-refractivity contribution in [1.82, 2.24) is 9.97 Å². The minimum absolute atomic E-state index is 0.0494. The van der Waals surface area contributed by atoms with Gasteiger partial charge >= 0.3 is 0 Å². The molecule has 3 N–H and O–H groups in total. The largest absolute Gasteiger partial charge is 0.482 e. The van der Waals surface area contributed by atoms with Crippen LogP contribution in [0.2, 0.25) is 0 Å². The number of aliphatic hydroxyl groups excluding tert-OH is 1. The Morgan fingerprint density at radius 3 is 2.61 bits per heavy atom. The highest BCUT2D eigenvalue weighted by Crippen LogP contribution is 2.37. The Morgan fingerprint density at radius 1 is 1.03 bits per heavy atom. The standard InChI is InChI=1S/C24H23F2N3O4/c1-12(16-7-15(25)3-4-18(16)26)33-21-6-14(9-29-24(21)27)13-2-5-19(28-8-13)17-10-31-23-20(30)11-32-22(17)23/h2-9,12,17,20,22-23,30H,10-11H2,1H3,(H2,27,29). The molecule has 9 heteroatoms. The summed E-state index contributed by atoms with van der Waals surface area (Å²) in [7, 11) is 0. The summed E-state index contributed by atoms with van der Waals surface area (Å²) < 4.78 is 44.8. The van der Waals surface area contributed by atoms with E-state index in [0.29, 0.717) is 12.2 Å². The summed E-state index contributed by atoms with van der Waals surface area (Å²) in [4.78, 5) is 8.75. The summed E-state index contributed by atoms with van der Waals surface area (Å²) in [6.07, 6.45) is 1.39. The van der Waals surface area contributed by atoms with E-state index in [1.54, 1.807) is 25.4 Å². The lowest BCUT2D eigenvalue weighted by Gasteiger charge is -2.18. The highest BCUT2D eigenvalue weighted by Gasteiger charge is 2.48. The molecular formula is C24H23F2N3O4. The fourth-order valence-corrected chi connectivity index (χ4v) is 4.32. The topological polar surface area (TPSA) is 99.7 Å². The lowest BCUT2D eigenvalue weighted by molar-refractivity contribution is 0.0181. The van der Waals surface area contributed by atoms with Crippen LogP contribution in [0.25, 0.3) is 11.1 Å². The van der Waals surface area contributed by atoms with Gasteiger partial charge < -0.3 is 25.1 Å². The smallest absolute Gasteiger partial charge is 0.166 e. The lowest BCUT2D eigenvalue weighted by Crippen LogP contribution is -2.28. The molecule has 4 heterocycles. The number of halogens is 2. The summed E-state index contributed by atoms with van der Waals surface area (Å²) in [5.74, 6) is -0.773. The van der Waals surface area contributed by atoms with Gasteiger partial charge in [-0.25, -0.2) is 13.8 Å². The van der Waals surface area contributed by atoms with Gasteiger partial charge in [-0.05, 0) is 37.3 Å². The molecule has 3 aromatic rings. The number of rotatable bonds is 5. The molecule has 0 saturated carbocycles. The van der Waals surface area contributed by atoms with Crippen molar-refractivity contribution in [1.29, 1.82) is 0 Å². The van der Waals surface area contributed by atoms with E-state index in [2.05, 4.69) is 9.97 Å². The van der Waals surface area contributed by atoms with E-state index in [4.69, 9.17) is 19.9 Å².